The molecule has 1 aromatic carbocycles. The maximum absolute atomic E-state index is 12.3. The number of rotatable bonds is 3. The average molecular weight is 327 g/mol. The van der Waals surface area contributed by atoms with Gasteiger partial charge in [0.05, 0.1) is 0 Å². The van der Waals surface area contributed by atoms with Crippen LogP contribution in [0.15, 0.2) is 22.8 Å². The molecular formula is C19H25N3O2. The SMILES string of the molecule is CN=C(C)/C(=C(/C)N)c1cc(C2CCOCC2)cc2c1CNC2=O. The minimum absolute atomic E-state index is 0.000254. The maximum atomic E-state index is 12.3. The number of carbonyl (C=O) groups is 1. The smallest absolute Gasteiger partial charge is 0.251 e. The Morgan fingerprint density at radius 3 is 2.62 bits per heavy atom. The lowest BCUT2D eigenvalue weighted by atomic mass is 9.85. The number of aliphatic imine (C=N–C) groups is 1. The van der Waals surface area contributed by atoms with E-state index in [0.29, 0.717) is 12.5 Å². The molecule has 24 heavy (non-hydrogen) atoms. The van der Waals surface area contributed by atoms with E-state index in [4.69, 9.17) is 10.5 Å². The summed E-state index contributed by atoms with van der Waals surface area (Å²) >= 11 is 0. The van der Waals surface area contributed by atoms with Crippen molar-refractivity contribution in [3.05, 3.63) is 40.1 Å². The molecule has 0 bridgehead atoms. The number of allylic oxidation sites excluding steroid dienone is 2. The number of hydrogen-bond donors (Lipinski definition) is 2. The highest BCUT2D eigenvalue weighted by Crippen LogP contribution is 2.35. The Bertz CT molecular complexity index is 724. The molecule has 128 valence electrons. The number of ether oxygens (including phenoxy) is 1. The molecule has 0 aliphatic carbocycles. The van der Waals surface area contributed by atoms with Gasteiger partial charge in [-0.25, -0.2) is 0 Å². The van der Waals surface area contributed by atoms with Crippen LogP contribution in [-0.4, -0.2) is 31.9 Å². The molecule has 1 amide bonds. The highest BCUT2D eigenvalue weighted by Gasteiger charge is 2.27. The summed E-state index contributed by atoms with van der Waals surface area (Å²) in [7, 11) is 1.77. The fraction of sp³-hybridized carbons (Fsp3) is 0.474. The molecule has 5 nitrogen and oxygen atoms in total. The average Bonchev–Trinajstić information content (AvgIpc) is 2.96. The van der Waals surface area contributed by atoms with E-state index in [-0.39, 0.29) is 5.91 Å². The van der Waals surface area contributed by atoms with Crippen molar-refractivity contribution in [2.75, 3.05) is 20.3 Å². The zero-order chi connectivity index (χ0) is 17.3. The monoisotopic (exact) mass is 327 g/mol. The number of fused-ring (bicyclic) bond motifs is 1. The van der Waals surface area contributed by atoms with Crippen LogP contribution >= 0.6 is 0 Å². The summed E-state index contributed by atoms with van der Waals surface area (Å²) in [6.45, 7) is 5.95. The Hall–Kier alpha value is -2.14. The van der Waals surface area contributed by atoms with E-state index in [1.54, 1.807) is 7.05 Å². The predicted octanol–water partition coefficient (Wildman–Crippen LogP) is 2.60. The summed E-state index contributed by atoms with van der Waals surface area (Å²) in [5.74, 6) is 0.426. The standard InChI is InChI=1S/C19H25N3O2/c1-11(20)18(12(2)21-3)15-8-14(13-4-6-24-7-5-13)9-16-17(15)10-22-19(16)23/h8-9,13H,4-7,10,20H2,1-3H3,(H,22,23)/b18-11+,21-12?. The van der Waals surface area contributed by atoms with Crippen LogP contribution in [0.25, 0.3) is 5.57 Å². The lowest BCUT2D eigenvalue weighted by Crippen LogP contribution is -2.16. The Balaban J connectivity index is 2.18. The molecule has 3 rings (SSSR count). The van der Waals surface area contributed by atoms with Gasteiger partial charge in [-0.1, -0.05) is 6.07 Å². The first-order chi connectivity index (χ1) is 11.5. The number of carbonyl (C=O) groups excluding carboxylic acids is 1. The molecule has 2 aliphatic rings. The Morgan fingerprint density at radius 2 is 2.00 bits per heavy atom. The Morgan fingerprint density at radius 1 is 1.29 bits per heavy atom. The molecule has 2 heterocycles. The minimum atomic E-state index is 0.000254. The van der Waals surface area contributed by atoms with Crippen LogP contribution in [-0.2, 0) is 11.3 Å². The second kappa shape index (κ2) is 6.77. The van der Waals surface area contributed by atoms with Crippen molar-refractivity contribution >= 4 is 17.2 Å². The first-order valence-corrected chi connectivity index (χ1v) is 8.46. The van der Waals surface area contributed by atoms with E-state index in [2.05, 4.69) is 22.4 Å². The summed E-state index contributed by atoms with van der Waals surface area (Å²) in [6, 6.07) is 4.26. The van der Waals surface area contributed by atoms with Crippen molar-refractivity contribution in [1.29, 1.82) is 0 Å². The molecule has 0 atom stereocenters. The molecule has 3 N–H and O–H groups in total. The predicted molar refractivity (Wildman–Crippen MR) is 96.2 cm³/mol. The molecule has 2 aliphatic heterocycles. The van der Waals surface area contributed by atoms with E-state index in [1.165, 1.54) is 5.56 Å². The molecule has 0 spiro atoms. The lowest BCUT2D eigenvalue weighted by molar-refractivity contribution is 0.0853. The van der Waals surface area contributed by atoms with E-state index in [1.807, 2.05) is 13.8 Å². The molecule has 0 aromatic heterocycles. The van der Waals surface area contributed by atoms with Gasteiger partial charge in [0.2, 0.25) is 0 Å². The van der Waals surface area contributed by atoms with E-state index < -0.39 is 0 Å². The van der Waals surface area contributed by atoms with Crippen molar-refractivity contribution in [1.82, 2.24) is 5.32 Å². The minimum Gasteiger partial charge on any atom is -0.402 e. The third-order valence-electron chi connectivity index (χ3n) is 5.00. The van der Waals surface area contributed by atoms with Crippen LogP contribution in [0, 0.1) is 0 Å². The highest BCUT2D eigenvalue weighted by molar-refractivity contribution is 6.24. The maximum Gasteiger partial charge on any atom is 0.251 e. The second-order valence-electron chi connectivity index (χ2n) is 6.53. The summed E-state index contributed by atoms with van der Waals surface area (Å²) in [6.07, 6.45) is 1.97. The van der Waals surface area contributed by atoms with Gasteiger partial charge in [0.1, 0.15) is 0 Å². The van der Waals surface area contributed by atoms with E-state index in [9.17, 15) is 4.79 Å². The number of amides is 1. The number of nitrogens with zero attached hydrogens (tertiary/aromatic N) is 1. The summed E-state index contributed by atoms with van der Waals surface area (Å²) < 4.78 is 5.48. The zero-order valence-electron chi connectivity index (χ0n) is 14.6. The quantitative estimate of drug-likeness (QED) is 0.838. The molecule has 0 unspecified atom stereocenters. The summed E-state index contributed by atoms with van der Waals surface area (Å²) in [5, 5.41) is 2.94. The number of nitrogens with one attached hydrogen (secondary N) is 1. The van der Waals surface area contributed by atoms with Crippen LogP contribution < -0.4 is 11.1 Å². The van der Waals surface area contributed by atoms with Gasteiger partial charge < -0.3 is 15.8 Å². The molecule has 0 radical (unpaired) electrons. The lowest BCUT2D eigenvalue weighted by Gasteiger charge is -2.24. The Kier molecular flexibility index (Phi) is 4.71. The van der Waals surface area contributed by atoms with Crippen LogP contribution in [0.5, 0.6) is 0 Å². The fourth-order valence-electron chi connectivity index (χ4n) is 3.65. The van der Waals surface area contributed by atoms with Crippen LogP contribution in [0.2, 0.25) is 0 Å². The molecule has 0 saturated carbocycles. The van der Waals surface area contributed by atoms with Gasteiger partial charge in [0.15, 0.2) is 0 Å². The first kappa shape index (κ1) is 16.7. The van der Waals surface area contributed by atoms with Crippen molar-refractivity contribution in [2.24, 2.45) is 10.7 Å². The third-order valence-corrected chi connectivity index (χ3v) is 5.00. The molecule has 1 fully saturated rings. The van der Waals surface area contributed by atoms with Gasteiger partial charge >= 0.3 is 0 Å². The fourth-order valence-corrected chi connectivity index (χ4v) is 3.65. The van der Waals surface area contributed by atoms with E-state index >= 15 is 0 Å². The number of nitrogens with two attached hydrogens (primary N) is 1. The summed E-state index contributed by atoms with van der Waals surface area (Å²) in [5.41, 5.74) is 12.8. The topological polar surface area (TPSA) is 76.7 Å². The van der Waals surface area contributed by atoms with Gasteiger partial charge in [0.25, 0.3) is 5.91 Å². The normalized spacial score (nSPS) is 19.8. The molecule has 1 aromatic rings. The van der Waals surface area contributed by atoms with Crippen LogP contribution in [0.1, 0.15) is 59.7 Å². The summed E-state index contributed by atoms with van der Waals surface area (Å²) in [4.78, 5) is 16.6. The Labute approximate surface area is 143 Å². The van der Waals surface area contributed by atoms with Crippen LogP contribution in [0.3, 0.4) is 0 Å². The van der Waals surface area contributed by atoms with Crippen LogP contribution in [0.4, 0.5) is 0 Å². The highest BCUT2D eigenvalue weighted by atomic mass is 16.5. The number of hydrogen-bond acceptors (Lipinski definition) is 4. The largest absolute Gasteiger partial charge is 0.402 e. The van der Waals surface area contributed by atoms with Crippen molar-refractivity contribution in [2.45, 2.75) is 39.2 Å². The van der Waals surface area contributed by atoms with Gasteiger partial charge in [-0.3, -0.25) is 9.79 Å². The van der Waals surface area contributed by atoms with Gasteiger partial charge in [-0.05, 0) is 55.4 Å². The third kappa shape index (κ3) is 2.96. The van der Waals surface area contributed by atoms with Crippen molar-refractivity contribution in [3.8, 4) is 0 Å². The molecule has 5 heteroatoms. The van der Waals surface area contributed by atoms with Gasteiger partial charge in [-0.15, -0.1) is 0 Å². The molecule has 1 saturated heterocycles. The second-order valence-corrected chi connectivity index (χ2v) is 6.53. The van der Waals surface area contributed by atoms with E-state index in [0.717, 1.165) is 59.7 Å². The van der Waals surface area contributed by atoms with Crippen molar-refractivity contribution < 1.29 is 9.53 Å². The zero-order valence-corrected chi connectivity index (χ0v) is 14.6. The molecular weight excluding hydrogens is 302 g/mol. The van der Waals surface area contributed by atoms with Crippen molar-refractivity contribution in [3.63, 3.8) is 0 Å². The first-order valence-electron chi connectivity index (χ1n) is 8.46. The van der Waals surface area contributed by atoms with Gasteiger partial charge in [-0.2, -0.15) is 0 Å². The van der Waals surface area contributed by atoms with Gasteiger partial charge in [0, 0.05) is 49.4 Å². The number of benzene rings is 1.